The average Bonchev–Trinajstić information content (AvgIpc) is 2.84. The molecule has 7 nitrogen and oxygen atoms in total. The smallest absolute Gasteiger partial charge is 0.306 e. The molecular formula is C26H31N3O4. The lowest BCUT2D eigenvalue weighted by atomic mass is 9.81. The van der Waals surface area contributed by atoms with E-state index in [0.29, 0.717) is 37.7 Å². The second-order valence-corrected chi connectivity index (χ2v) is 8.49. The van der Waals surface area contributed by atoms with Crippen LogP contribution in [0.5, 0.6) is 0 Å². The van der Waals surface area contributed by atoms with Crippen LogP contribution in [0.15, 0.2) is 47.6 Å². The summed E-state index contributed by atoms with van der Waals surface area (Å²) in [6, 6.07) is 13.5. The van der Waals surface area contributed by atoms with E-state index in [1.807, 2.05) is 60.6 Å². The Bertz CT molecular complexity index is 997. The fraction of sp³-hybridized carbons (Fsp3) is 0.423. The number of hydrogen-bond acceptors (Lipinski definition) is 6. The molecule has 1 saturated heterocycles. The van der Waals surface area contributed by atoms with Crippen LogP contribution in [-0.2, 0) is 27.1 Å². The number of amides is 1. The van der Waals surface area contributed by atoms with Crippen molar-refractivity contribution in [2.75, 3.05) is 38.2 Å². The summed E-state index contributed by atoms with van der Waals surface area (Å²) in [5.41, 5.74) is 4.78. The number of fused-ring (bicyclic) bond motifs is 1. The largest absolute Gasteiger partial charge is 0.466 e. The minimum atomic E-state index is -0.125. The van der Waals surface area contributed by atoms with Gasteiger partial charge in [-0.3, -0.25) is 14.6 Å². The molecule has 1 unspecified atom stereocenters. The first-order valence-electron chi connectivity index (χ1n) is 11.7. The number of rotatable bonds is 7. The van der Waals surface area contributed by atoms with Crippen molar-refractivity contribution < 1.29 is 19.1 Å². The molecule has 7 heteroatoms. The molecule has 0 aromatic heterocycles. The molecule has 174 valence electrons. The highest BCUT2D eigenvalue weighted by Gasteiger charge is 2.22. The normalized spacial score (nSPS) is 18.1. The van der Waals surface area contributed by atoms with Crippen molar-refractivity contribution in [3.05, 3.63) is 64.7 Å². The maximum absolute atomic E-state index is 12.8. The van der Waals surface area contributed by atoms with Crippen LogP contribution in [0, 0.1) is 5.92 Å². The SMILES string of the molecule is CCOC(=O)CC1CCc2cc(C(=O)Nc3ccc(C=NN4CCOCC4)cc3)ccc2C1. The number of hydrazone groups is 1. The van der Waals surface area contributed by atoms with Gasteiger partial charge in [0.2, 0.25) is 0 Å². The fourth-order valence-electron chi connectivity index (χ4n) is 4.27. The highest BCUT2D eigenvalue weighted by atomic mass is 16.5. The lowest BCUT2D eigenvalue weighted by molar-refractivity contribution is -0.144. The Hall–Kier alpha value is -3.19. The highest BCUT2D eigenvalue weighted by molar-refractivity contribution is 6.04. The zero-order valence-electron chi connectivity index (χ0n) is 19.1. The van der Waals surface area contributed by atoms with Gasteiger partial charge in [0.25, 0.3) is 5.91 Å². The van der Waals surface area contributed by atoms with Gasteiger partial charge in [0, 0.05) is 17.7 Å². The highest BCUT2D eigenvalue weighted by Crippen LogP contribution is 2.29. The summed E-state index contributed by atoms with van der Waals surface area (Å²) in [6.45, 7) is 5.27. The molecule has 2 aromatic carbocycles. The van der Waals surface area contributed by atoms with Crippen LogP contribution in [-0.4, -0.2) is 56.0 Å². The lowest BCUT2D eigenvalue weighted by Crippen LogP contribution is -2.32. The van der Waals surface area contributed by atoms with Gasteiger partial charge in [0.1, 0.15) is 0 Å². The Morgan fingerprint density at radius 2 is 1.94 bits per heavy atom. The van der Waals surface area contributed by atoms with Crippen molar-refractivity contribution >= 4 is 23.8 Å². The van der Waals surface area contributed by atoms with Crippen molar-refractivity contribution in [2.45, 2.75) is 32.6 Å². The Morgan fingerprint density at radius 1 is 1.15 bits per heavy atom. The van der Waals surface area contributed by atoms with Gasteiger partial charge in [-0.2, -0.15) is 5.10 Å². The van der Waals surface area contributed by atoms with Crippen molar-refractivity contribution in [1.29, 1.82) is 0 Å². The molecule has 0 spiro atoms. The number of carbonyl (C=O) groups excluding carboxylic acids is 2. The van der Waals surface area contributed by atoms with Crippen molar-refractivity contribution in [1.82, 2.24) is 5.01 Å². The van der Waals surface area contributed by atoms with Crippen molar-refractivity contribution in [3.63, 3.8) is 0 Å². The third-order valence-corrected chi connectivity index (χ3v) is 6.09. The summed E-state index contributed by atoms with van der Waals surface area (Å²) < 4.78 is 10.4. The predicted octanol–water partition coefficient (Wildman–Crippen LogP) is 3.66. The van der Waals surface area contributed by atoms with Gasteiger partial charge in [-0.25, -0.2) is 0 Å². The maximum atomic E-state index is 12.8. The second-order valence-electron chi connectivity index (χ2n) is 8.49. The van der Waals surface area contributed by atoms with Gasteiger partial charge in [0.15, 0.2) is 0 Å². The molecule has 1 aliphatic heterocycles. The molecule has 0 bridgehead atoms. The standard InChI is InChI=1S/C26H31N3O4/c1-2-33-25(30)16-20-3-6-22-17-23(8-7-21(22)15-20)26(31)28-24-9-4-19(5-10-24)18-27-29-11-13-32-14-12-29/h4-5,7-10,17-18,20H,2-3,6,11-16H2,1H3,(H,28,31). The zero-order valence-corrected chi connectivity index (χ0v) is 19.1. The molecule has 33 heavy (non-hydrogen) atoms. The first-order chi connectivity index (χ1) is 16.1. The summed E-state index contributed by atoms with van der Waals surface area (Å²) in [5, 5.41) is 9.45. The molecule has 1 N–H and O–H groups in total. The molecule has 0 saturated carbocycles. The van der Waals surface area contributed by atoms with E-state index in [-0.39, 0.29) is 11.9 Å². The van der Waals surface area contributed by atoms with Gasteiger partial charge >= 0.3 is 5.97 Å². The number of nitrogens with zero attached hydrogens (tertiary/aromatic N) is 2. The lowest BCUT2D eigenvalue weighted by Gasteiger charge is -2.24. The number of esters is 1. The summed E-state index contributed by atoms with van der Waals surface area (Å²) in [5.74, 6) is 0.0584. The maximum Gasteiger partial charge on any atom is 0.306 e. The molecule has 1 amide bonds. The van der Waals surface area contributed by atoms with Crippen LogP contribution in [0.1, 0.15) is 46.8 Å². The minimum absolute atomic E-state index is 0.124. The Morgan fingerprint density at radius 3 is 2.70 bits per heavy atom. The van der Waals surface area contributed by atoms with Gasteiger partial charge in [-0.05, 0) is 73.1 Å². The molecule has 4 rings (SSSR count). The molecule has 2 aromatic rings. The van der Waals surface area contributed by atoms with Crippen molar-refractivity contribution in [2.24, 2.45) is 11.0 Å². The van der Waals surface area contributed by atoms with Gasteiger partial charge < -0.3 is 14.8 Å². The van der Waals surface area contributed by atoms with E-state index in [9.17, 15) is 9.59 Å². The summed E-state index contributed by atoms with van der Waals surface area (Å²) in [6.07, 6.45) is 4.95. The van der Waals surface area contributed by atoms with E-state index in [2.05, 4.69) is 10.4 Å². The molecule has 2 aliphatic rings. The van der Waals surface area contributed by atoms with Gasteiger partial charge in [-0.1, -0.05) is 18.2 Å². The molecule has 1 aliphatic carbocycles. The van der Waals surface area contributed by atoms with E-state index in [0.717, 1.165) is 43.6 Å². The number of hydrogen-bond donors (Lipinski definition) is 1. The fourth-order valence-corrected chi connectivity index (χ4v) is 4.27. The van der Waals surface area contributed by atoms with Crippen LogP contribution < -0.4 is 5.32 Å². The minimum Gasteiger partial charge on any atom is -0.466 e. The van der Waals surface area contributed by atoms with E-state index in [4.69, 9.17) is 9.47 Å². The predicted molar refractivity (Wildman–Crippen MR) is 128 cm³/mol. The van der Waals surface area contributed by atoms with Crippen LogP contribution in [0.25, 0.3) is 0 Å². The Balaban J connectivity index is 1.32. The van der Waals surface area contributed by atoms with E-state index >= 15 is 0 Å². The van der Waals surface area contributed by atoms with E-state index < -0.39 is 0 Å². The quantitative estimate of drug-likeness (QED) is 0.515. The number of anilines is 1. The summed E-state index contributed by atoms with van der Waals surface area (Å²) in [4.78, 5) is 24.6. The summed E-state index contributed by atoms with van der Waals surface area (Å²) >= 11 is 0. The average molecular weight is 450 g/mol. The van der Waals surface area contributed by atoms with Crippen LogP contribution in [0.4, 0.5) is 5.69 Å². The monoisotopic (exact) mass is 449 g/mol. The van der Waals surface area contributed by atoms with Gasteiger partial charge in [0.05, 0.1) is 39.1 Å². The number of nitrogens with one attached hydrogen (secondary N) is 1. The molecular weight excluding hydrogens is 418 g/mol. The van der Waals surface area contributed by atoms with Gasteiger partial charge in [-0.15, -0.1) is 0 Å². The zero-order chi connectivity index (χ0) is 23.0. The Kier molecular flexibility index (Phi) is 7.73. The van der Waals surface area contributed by atoms with Crippen LogP contribution in [0.2, 0.25) is 0 Å². The first-order valence-corrected chi connectivity index (χ1v) is 11.7. The molecule has 1 fully saturated rings. The number of benzene rings is 2. The molecule has 1 atom stereocenters. The third kappa shape index (κ3) is 6.42. The van der Waals surface area contributed by atoms with Crippen molar-refractivity contribution in [3.8, 4) is 0 Å². The Labute approximate surface area is 194 Å². The number of morpholine rings is 1. The number of aryl methyl sites for hydroxylation is 1. The van der Waals surface area contributed by atoms with Crippen LogP contribution >= 0.6 is 0 Å². The number of carbonyl (C=O) groups is 2. The van der Waals surface area contributed by atoms with E-state index in [1.54, 1.807) is 0 Å². The summed E-state index contributed by atoms with van der Waals surface area (Å²) in [7, 11) is 0. The number of ether oxygens (including phenoxy) is 2. The topological polar surface area (TPSA) is 80.2 Å². The van der Waals surface area contributed by atoms with E-state index in [1.165, 1.54) is 11.1 Å². The third-order valence-electron chi connectivity index (χ3n) is 6.09. The molecule has 0 radical (unpaired) electrons. The second kappa shape index (κ2) is 11.1. The van der Waals surface area contributed by atoms with Crippen LogP contribution in [0.3, 0.4) is 0 Å². The first kappa shape index (κ1) is 23.0. The molecule has 1 heterocycles.